The van der Waals surface area contributed by atoms with Gasteiger partial charge >= 0.3 is 6.09 Å². The molecule has 5 nitrogen and oxygen atoms in total. The summed E-state index contributed by atoms with van der Waals surface area (Å²) >= 11 is 0. The van der Waals surface area contributed by atoms with Crippen molar-refractivity contribution in [2.75, 3.05) is 6.61 Å². The summed E-state index contributed by atoms with van der Waals surface area (Å²) < 4.78 is 5.61. The lowest BCUT2D eigenvalue weighted by molar-refractivity contribution is -0.203. The van der Waals surface area contributed by atoms with Crippen LogP contribution in [0.3, 0.4) is 0 Å². The summed E-state index contributed by atoms with van der Waals surface area (Å²) in [4.78, 5) is 12.2. The fourth-order valence-electron chi connectivity index (χ4n) is 10.7. The number of hydrogen-bond donors (Lipinski definition) is 3. The highest BCUT2D eigenvalue weighted by Crippen LogP contribution is 2.69. The van der Waals surface area contributed by atoms with E-state index in [2.05, 4.69) is 33.0 Å². The van der Waals surface area contributed by atoms with E-state index in [-0.39, 0.29) is 29.1 Å². The van der Waals surface area contributed by atoms with Crippen LogP contribution in [0.2, 0.25) is 0 Å². The second-order valence-electron chi connectivity index (χ2n) is 14.1. The molecule has 0 spiro atoms. The normalized spacial score (nSPS) is 47.5. The Bertz CT molecular complexity index is 783. The van der Waals surface area contributed by atoms with E-state index in [0.29, 0.717) is 54.1 Å². The highest BCUT2D eigenvalue weighted by Gasteiger charge is 2.64. The van der Waals surface area contributed by atoms with Gasteiger partial charge < -0.3 is 20.3 Å². The van der Waals surface area contributed by atoms with Crippen LogP contribution in [-0.2, 0) is 4.74 Å². The average Bonchev–Trinajstić information content (AvgIpc) is 3.47. The third-order valence-corrected chi connectivity index (χ3v) is 12.6. The number of aliphatic hydroxyl groups is 2. The lowest BCUT2D eigenvalue weighted by atomic mass is 9.41. The van der Waals surface area contributed by atoms with E-state index < -0.39 is 0 Å². The first kappa shape index (κ1) is 26.8. The Kier molecular flexibility index (Phi) is 7.73. The van der Waals surface area contributed by atoms with Crippen molar-refractivity contribution in [1.29, 1.82) is 0 Å². The van der Waals surface area contributed by atoms with E-state index in [1.807, 2.05) is 0 Å². The highest BCUT2D eigenvalue weighted by atomic mass is 16.5. The SMILES string of the molecule is CC[C@@H]1C2C[C@H](O)CC[C@]2(C)[C@H]2CC[C@]3(C)[C@@H]([C@H](C)CCOC(=O)NC4CCCC4)CC[C@H]3C2[C@@H]1O. The number of fused-ring (bicyclic) bond motifs is 5. The molecule has 11 atom stereocenters. The second kappa shape index (κ2) is 10.4. The zero-order valence-electron chi connectivity index (χ0n) is 23.4. The summed E-state index contributed by atoms with van der Waals surface area (Å²) in [5, 5.41) is 25.4. The van der Waals surface area contributed by atoms with Crippen molar-refractivity contribution < 1.29 is 19.7 Å². The molecule has 5 aliphatic rings. The molecule has 0 saturated heterocycles. The molecular weight excluding hydrogens is 450 g/mol. The molecule has 0 radical (unpaired) electrons. The molecule has 1 amide bonds. The number of carbonyl (C=O) groups excluding carboxylic acids is 1. The molecule has 3 N–H and O–H groups in total. The number of carbonyl (C=O) groups is 1. The monoisotopic (exact) mass is 503 g/mol. The van der Waals surface area contributed by atoms with Crippen LogP contribution in [0, 0.1) is 52.3 Å². The summed E-state index contributed by atoms with van der Waals surface area (Å²) in [6, 6.07) is 0.308. The molecule has 5 fully saturated rings. The number of ether oxygens (including phenoxy) is 1. The minimum absolute atomic E-state index is 0.186. The van der Waals surface area contributed by atoms with Crippen LogP contribution >= 0.6 is 0 Å². The van der Waals surface area contributed by atoms with Crippen molar-refractivity contribution in [3.8, 4) is 0 Å². The number of nitrogens with one attached hydrogen (secondary N) is 1. The largest absolute Gasteiger partial charge is 0.450 e. The lowest BCUT2D eigenvalue weighted by Gasteiger charge is -2.64. The number of rotatable bonds is 6. The summed E-state index contributed by atoms with van der Waals surface area (Å²) in [6.45, 7) is 10.2. The van der Waals surface area contributed by atoms with Gasteiger partial charge in [0.15, 0.2) is 0 Å². The van der Waals surface area contributed by atoms with Crippen molar-refractivity contribution in [3.05, 3.63) is 0 Å². The Hall–Kier alpha value is -0.810. The third kappa shape index (κ3) is 4.52. The molecule has 0 aliphatic heterocycles. The van der Waals surface area contributed by atoms with Gasteiger partial charge in [-0.15, -0.1) is 0 Å². The first-order chi connectivity index (χ1) is 17.2. The fraction of sp³-hybridized carbons (Fsp3) is 0.968. The second-order valence-corrected chi connectivity index (χ2v) is 14.1. The minimum atomic E-state index is -0.235. The first-order valence-corrected chi connectivity index (χ1v) is 15.5. The van der Waals surface area contributed by atoms with Crippen LogP contribution < -0.4 is 5.32 Å². The predicted molar refractivity (Wildman–Crippen MR) is 142 cm³/mol. The van der Waals surface area contributed by atoms with Crippen molar-refractivity contribution >= 4 is 6.09 Å². The van der Waals surface area contributed by atoms with Gasteiger partial charge in [0.25, 0.3) is 0 Å². The first-order valence-electron chi connectivity index (χ1n) is 15.5. The van der Waals surface area contributed by atoms with E-state index in [4.69, 9.17) is 4.74 Å². The standard InChI is InChI=1S/C31H53NO4/c1-5-22-26-18-21(33)12-15-31(26,4)25-13-16-30(3)23(10-11-24(30)27(25)28(22)34)19(2)14-17-36-29(35)32-20-8-6-7-9-20/h19-28,33-34H,5-18H2,1-4H3,(H,32,35)/t19-,21-,22-,23-,24+,25+,26?,27?,28-,30-,31-/m1/s1. The van der Waals surface area contributed by atoms with Gasteiger partial charge in [0.05, 0.1) is 18.8 Å². The molecule has 0 aromatic heterocycles. The zero-order valence-corrected chi connectivity index (χ0v) is 23.4. The number of hydrogen-bond acceptors (Lipinski definition) is 4. The molecule has 36 heavy (non-hydrogen) atoms. The summed E-state index contributed by atoms with van der Waals surface area (Å²) in [5.74, 6) is 3.50. The smallest absolute Gasteiger partial charge is 0.407 e. The third-order valence-electron chi connectivity index (χ3n) is 12.6. The maximum absolute atomic E-state index is 12.2. The summed E-state index contributed by atoms with van der Waals surface area (Å²) in [6.07, 6.45) is 13.7. The van der Waals surface area contributed by atoms with E-state index in [0.717, 1.165) is 44.9 Å². The zero-order chi connectivity index (χ0) is 25.7. The highest BCUT2D eigenvalue weighted by molar-refractivity contribution is 5.67. The summed E-state index contributed by atoms with van der Waals surface area (Å²) in [5.41, 5.74) is 0.526. The van der Waals surface area contributed by atoms with Gasteiger partial charge in [0.1, 0.15) is 0 Å². The van der Waals surface area contributed by atoms with Crippen molar-refractivity contribution in [1.82, 2.24) is 5.32 Å². The molecule has 0 aromatic carbocycles. The van der Waals surface area contributed by atoms with E-state index >= 15 is 0 Å². The Balaban J connectivity index is 1.24. The Morgan fingerprint density at radius 3 is 2.39 bits per heavy atom. The van der Waals surface area contributed by atoms with Gasteiger partial charge in [-0.1, -0.05) is 47.0 Å². The number of alkyl carbamates (subject to hydrolysis) is 1. The fourth-order valence-corrected chi connectivity index (χ4v) is 10.7. The average molecular weight is 504 g/mol. The molecule has 206 valence electrons. The molecule has 2 unspecified atom stereocenters. The van der Waals surface area contributed by atoms with Gasteiger partial charge in [-0.05, 0) is 116 Å². The predicted octanol–water partition coefficient (Wildman–Crippen LogP) is 6.31. The number of amides is 1. The quantitative estimate of drug-likeness (QED) is 0.397. The molecule has 5 heteroatoms. The summed E-state index contributed by atoms with van der Waals surface area (Å²) in [7, 11) is 0. The topological polar surface area (TPSA) is 78.8 Å². The van der Waals surface area contributed by atoms with Gasteiger partial charge in [-0.3, -0.25) is 0 Å². The Morgan fingerprint density at radius 1 is 0.972 bits per heavy atom. The molecule has 5 rings (SSSR count). The molecule has 0 aromatic rings. The van der Waals surface area contributed by atoms with E-state index in [1.165, 1.54) is 38.5 Å². The van der Waals surface area contributed by atoms with E-state index in [9.17, 15) is 15.0 Å². The van der Waals surface area contributed by atoms with Crippen molar-refractivity contribution in [2.45, 2.75) is 129 Å². The van der Waals surface area contributed by atoms with Crippen LogP contribution in [0.25, 0.3) is 0 Å². The number of aliphatic hydroxyl groups excluding tert-OH is 2. The maximum atomic E-state index is 12.2. The van der Waals surface area contributed by atoms with Crippen LogP contribution in [0.4, 0.5) is 4.79 Å². The Labute approximate surface area is 219 Å². The lowest BCUT2D eigenvalue weighted by Crippen LogP contribution is -2.62. The van der Waals surface area contributed by atoms with Crippen molar-refractivity contribution in [2.24, 2.45) is 52.3 Å². The molecule has 0 bridgehead atoms. The van der Waals surface area contributed by atoms with Crippen LogP contribution in [0.1, 0.15) is 111 Å². The van der Waals surface area contributed by atoms with Gasteiger partial charge in [-0.2, -0.15) is 0 Å². The molecular formula is C31H53NO4. The molecule has 5 aliphatic carbocycles. The molecule has 5 saturated carbocycles. The van der Waals surface area contributed by atoms with Crippen molar-refractivity contribution in [3.63, 3.8) is 0 Å². The molecule has 0 heterocycles. The van der Waals surface area contributed by atoms with Crippen LogP contribution in [0.15, 0.2) is 0 Å². The maximum Gasteiger partial charge on any atom is 0.407 e. The van der Waals surface area contributed by atoms with Gasteiger partial charge in [-0.25, -0.2) is 4.79 Å². The van der Waals surface area contributed by atoms with Crippen LogP contribution in [0.5, 0.6) is 0 Å². The van der Waals surface area contributed by atoms with Crippen LogP contribution in [-0.4, -0.2) is 41.2 Å². The Morgan fingerprint density at radius 2 is 1.67 bits per heavy atom. The van der Waals surface area contributed by atoms with Gasteiger partial charge in [0, 0.05) is 6.04 Å². The minimum Gasteiger partial charge on any atom is -0.450 e. The van der Waals surface area contributed by atoms with Gasteiger partial charge in [0.2, 0.25) is 0 Å². The van der Waals surface area contributed by atoms with E-state index in [1.54, 1.807) is 0 Å².